The summed E-state index contributed by atoms with van der Waals surface area (Å²) in [6.45, 7) is 7.39. The number of esters is 1. The first kappa shape index (κ1) is 22.2. The number of aryl methyl sites for hydroxylation is 1. The van der Waals surface area contributed by atoms with Gasteiger partial charge in [-0.1, -0.05) is 20.8 Å². The summed E-state index contributed by atoms with van der Waals surface area (Å²) in [5, 5.41) is 10.3. The second-order valence-corrected chi connectivity index (χ2v) is 7.77. The summed E-state index contributed by atoms with van der Waals surface area (Å²) in [4.78, 5) is 28.8. The van der Waals surface area contributed by atoms with E-state index in [1.54, 1.807) is 27.7 Å². The van der Waals surface area contributed by atoms with Crippen LogP contribution in [0.5, 0.6) is 0 Å². The summed E-state index contributed by atoms with van der Waals surface area (Å²) < 4.78 is 47.5. The molecule has 3 heterocycles. The molecule has 0 fully saturated rings. The molecule has 3 aromatic heterocycles. The van der Waals surface area contributed by atoms with Crippen molar-refractivity contribution in [3.8, 4) is 0 Å². The van der Waals surface area contributed by atoms with Crippen LogP contribution in [-0.4, -0.2) is 43.4 Å². The van der Waals surface area contributed by atoms with Crippen molar-refractivity contribution in [3.63, 3.8) is 0 Å². The van der Waals surface area contributed by atoms with E-state index in [0.29, 0.717) is 11.1 Å². The molecule has 0 saturated carbocycles. The van der Waals surface area contributed by atoms with Gasteiger partial charge in [0.2, 0.25) is 0 Å². The molecule has 0 aliphatic carbocycles. The highest BCUT2D eigenvalue weighted by Crippen LogP contribution is 2.32. The first-order valence-corrected chi connectivity index (χ1v) is 9.30. The molecule has 0 aliphatic rings. The third-order valence-electron chi connectivity index (χ3n) is 4.43. The number of carbonyl (C=O) groups is 2. The van der Waals surface area contributed by atoms with E-state index in [1.165, 1.54) is 10.9 Å². The van der Waals surface area contributed by atoms with E-state index in [2.05, 4.69) is 25.2 Å². The van der Waals surface area contributed by atoms with Gasteiger partial charge in [0.1, 0.15) is 5.69 Å². The predicted octanol–water partition coefficient (Wildman–Crippen LogP) is 3.30. The predicted molar refractivity (Wildman–Crippen MR) is 104 cm³/mol. The summed E-state index contributed by atoms with van der Waals surface area (Å²) in [5.41, 5.74) is -2.00. The van der Waals surface area contributed by atoms with Gasteiger partial charge in [-0.25, -0.2) is 14.3 Å². The van der Waals surface area contributed by atoms with Gasteiger partial charge in [-0.15, -0.1) is 0 Å². The minimum absolute atomic E-state index is 0.0511. The number of methoxy groups -OCH3 is 1. The summed E-state index contributed by atoms with van der Waals surface area (Å²) in [7, 11) is 1.16. The van der Waals surface area contributed by atoms with Crippen LogP contribution in [0.25, 0.3) is 5.65 Å². The van der Waals surface area contributed by atoms with Gasteiger partial charge in [0.15, 0.2) is 17.0 Å². The van der Waals surface area contributed by atoms with Gasteiger partial charge < -0.3 is 10.1 Å². The van der Waals surface area contributed by atoms with Crippen LogP contribution < -0.4 is 5.32 Å². The molecule has 9 nitrogen and oxygen atoms in total. The van der Waals surface area contributed by atoms with E-state index in [0.717, 1.165) is 19.2 Å². The van der Waals surface area contributed by atoms with E-state index in [4.69, 9.17) is 0 Å². The van der Waals surface area contributed by atoms with Crippen LogP contribution in [0.1, 0.15) is 60.1 Å². The van der Waals surface area contributed by atoms with Crippen LogP contribution in [0, 0.1) is 0 Å². The van der Waals surface area contributed by atoms with Crippen molar-refractivity contribution in [1.29, 1.82) is 0 Å². The number of alkyl halides is 3. The molecule has 0 atom stereocenters. The number of halogens is 3. The molecular weight excluding hydrogens is 417 g/mol. The van der Waals surface area contributed by atoms with Crippen LogP contribution in [-0.2, 0) is 22.9 Å². The molecule has 0 bridgehead atoms. The standard InChI is InChI=1S/C19H21F3N6O3/c1-6-27-9-11(15(26-27)17(30)31-5)23-16(29)10-7-14-24-12(18(2,3)4)8-13(19(20,21)22)28(14)25-10/h7-9H,6H2,1-5H3,(H,23,29). The number of nitrogens with zero attached hydrogens (tertiary/aromatic N) is 5. The number of hydrogen-bond acceptors (Lipinski definition) is 6. The molecule has 12 heteroatoms. The van der Waals surface area contributed by atoms with Crippen molar-refractivity contribution in [2.45, 2.75) is 45.8 Å². The number of rotatable bonds is 4. The third kappa shape index (κ3) is 4.37. The molecule has 31 heavy (non-hydrogen) atoms. The minimum atomic E-state index is -4.71. The maximum Gasteiger partial charge on any atom is 0.433 e. The van der Waals surface area contributed by atoms with Gasteiger partial charge in [-0.2, -0.15) is 23.4 Å². The highest BCUT2D eigenvalue weighted by atomic mass is 19.4. The number of amides is 1. The molecule has 3 aromatic rings. The van der Waals surface area contributed by atoms with Crippen molar-refractivity contribution in [2.75, 3.05) is 12.4 Å². The summed E-state index contributed by atoms with van der Waals surface area (Å²) in [6.07, 6.45) is -3.29. The van der Waals surface area contributed by atoms with Crippen LogP contribution >= 0.6 is 0 Å². The number of carbonyl (C=O) groups excluding carboxylic acids is 2. The quantitative estimate of drug-likeness (QED) is 0.627. The van der Waals surface area contributed by atoms with E-state index >= 15 is 0 Å². The molecule has 1 amide bonds. The first-order chi connectivity index (χ1) is 14.3. The Hall–Kier alpha value is -3.44. The Labute approximate surface area is 175 Å². The fraction of sp³-hybridized carbons (Fsp3) is 0.421. The van der Waals surface area contributed by atoms with Crippen molar-refractivity contribution in [2.24, 2.45) is 0 Å². The minimum Gasteiger partial charge on any atom is -0.464 e. The lowest BCUT2D eigenvalue weighted by Gasteiger charge is -2.19. The zero-order valence-electron chi connectivity index (χ0n) is 17.5. The number of aromatic nitrogens is 5. The number of anilines is 1. The summed E-state index contributed by atoms with van der Waals surface area (Å²) in [6, 6.07) is 2.07. The van der Waals surface area contributed by atoms with E-state index in [9.17, 15) is 22.8 Å². The van der Waals surface area contributed by atoms with E-state index in [-0.39, 0.29) is 28.4 Å². The van der Waals surface area contributed by atoms with Gasteiger partial charge in [0, 0.05) is 24.2 Å². The Bertz CT molecular complexity index is 1160. The zero-order chi connectivity index (χ0) is 23.1. The SMILES string of the molecule is CCn1cc(NC(=O)c2cc3nc(C(C)(C)C)cc(C(F)(F)F)n3n2)c(C(=O)OC)n1. The molecule has 0 spiro atoms. The molecule has 0 unspecified atom stereocenters. The van der Waals surface area contributed by atoms with Crippen molar-refractivity contribution < 1.29 is 27.5 Å². The number of ether oxygens (including phenoxy) is 1. The Morgan fingerprint density at radius 3 is 2.39 bits per heavy atom. The summed E-state index contributed by atoms with van der Waals surface area (Å²) >= 11 is 0. The lowest BCUT2D eigenvalue weighted by molar-refractivity contribution is -0.142. The second kappa shape index (κ2) is 7.67. The normalized spacial score (nSPS) is 12.3. The smallest absolute Gasteiger partial charge is 0.433 e. The maximum atomic E-state index is 13.6. The zero-order valence-corrected chi connectivity index (χ0v) is 17.5. The summed E-state index contributed by atoms with van der Waals surface area (Å²) in [5.74, 6) is -1.59. The van der Waals surface area contributed by atoms with Gasteiger partial charge >= 0.3 is 12.1 Å². The van der Waals surface area contributed by atoms with Crippen molar-refractivity contribution in [3.05, 3.63) is 41.1 Å². The maximum absolute atomic E-state index is 13.6. The van der Waals surface area contributed by atoms with Crippen molar-refractivity contribution in [1.82, 2.24) is 24.4 Å². The fourth-order valence-electron chi connectivity index (χ4n) is 2.78. The van der Waals surface area contributed by atoms with Crippen molar-refractivity contribution >= 4 is 23.2 Å². The molecular formula is C19H21F3N6O3. The Morgan fingerprint density at radius 1 is 1.16 bits per heavy atom. The average Bonchev–Trinajstić information content (AvgIpc) is 3.28. The van der Waals surface area contributed by atoms with Crippen LogP contribution in [0.4, 0.5) is 18.9 Å². The molecule has 0 radical (unpaired) electrons. The van der Waals surface area contributed by atoms with Crippen LogP contribution in [0.2, 0.25) is 0 Å². The lowest BCUT2D eigenvalue weighted by Crippen LogP contribution is -2.20. The van der Waals surface area contributed by atoms with E-state index < -0.39 is 29.2 Å². The number of nitrogens with one attached hydrogen (secondary N) is 1. The van der Waals surface area contributed by atoms with Gasteiger partial charge in [-0.3, -0.25) is 9.48 Å². The first-order valence-electron chi connectivity index (χ1n) is 9.30. The topological polar surface area (TPSA) is 103 Å². The molecule has 166 valence electrons. The highest BCUT2D eigenvalue weighted by Gasteiger charge is 2.36. The Balaban J connectivity index is 2.05. The van der Waals surface area contributed by atoms with Gasteiger partial charge in [0.25, 0.3) is 5.91 Å². The van der Waals surface area contributed by atoms with Gasteiger partial charge in [0.05, 0.1) is 18.5 Å². The molecule has 3 rings (SSSR count). The third-order valence-corrected chi connectivity index (χ3v) is 4.43. The van der Waals surface area contributed by atoms with Gasteiger partial charge in [-0.05, 0) is 13.0 Å². The monoisotopic (exact) mass is 438 g/mol. The Kier molecular flexibility index (Phi) is 5.51. The molecule has 0 saturated heterocycles. The second-order valence-electron chi connectivity index (χ2n) is 7.77. The lowest BCUT2D eigenvalue weighted by atomic mass is 9.91. The molecule has 0 aromatic carbocycles. The largest absolute Gasteiger partial charge is 0.464 e. The number of fused-ring (bicyclic) bond motifs is 1. The average molecular weight is 438 g/mol. The highest BCUT2D eigenvalue weighted by molar-refractivity contribution is 6.06. The molecule has 0 aliphatic heterocycles. The van der Waals surface area contributed by atoms with E-state index in [1.807, 2.05) is 0 Å². The number of hydrogen-bond donors (Lipinski definition) is 1. The Morgan fingerprint density at radius 2 is 1.84 bits per heavy atom. The molecule has 1 N–H and O–H groups in total. The van der Waals surface area contributed by atoms with Crippen LogP contribution in [0.15, 0.2) is 18.3 Å². The fourth-order valence-corrected chi connectivity index (χ4v) is 2.78. The van der Waals surface area contributed by atoms with Crippen LogP contribution in [0.3, 0.4) is 0 Å².